The number of amides is 1. The maximum Gasteiger partial charge on any atom is 0.240 e. The molecule has 2 aliphatic heterocycles. The van der Waals surface area contributed by atoms with Gasteiger partial charge in [-0.15, -0.1) is 0 Å². The molecule has 1 fully saturated rings. The number of anilines is 1. The van der Waals surface area contributed by atoms with Crippen LogP contribution in [-0.4, -0.2) is 47.2 Å². The zero-order valence-electron chi connectivity index (χ0n) is 18.0. The van der Waals surface area contributed by atoms with Crippen molar-refractivity contribution in [2.75, 3.05) is 37.7 Å². The van der Waals surface area contributed by atoms with Crippen molar-refractivity contribution in [1.29, 1.82) is 0 Å². The van der Waals surface area contributed by atoms with E-state index in [1.807, 2.05) is 18.2 Å². The van der Waals surface area contributed by atoms with Gasteiger partial charge in [0.15, 0.2) is 11.5 Å². The lowest BCUT2D eigenvalue weighted by molar-refractivity contribution is -0.121. The Bertz CT molecular complexity index is 1050. The summed E-state index contributed by atoms with van der Waals surface area (Å²) in [5.41, 5.74) is 2.22. The molecule has 2 heterocycles. The molecule has 1 amide bonds. The first-order chi connectivity index (χ1) is 15.5. The second kappa shape index (κ2) is 10.2. The van der Waals surface area contributed by atoms with Crippen LogP contribution in [0.25, 0.3) is 0 Å². The normalized spacial score (nSPS) is 15.9. The zero-order chi connectivity index (χ0) is 22.4. The standard InChI is InChI=1S/C23H29N3O5S/c27-23(24-17-18-6-1-2-7-20(18)26-12-3-4-13-26)10-11-25-32(28,29)19-8-9-21-22(16-19)31-15-5-14-30-21/h1-2,6-9,16,25H,3-5,10-15,17H2,(H,24,27). The van der Waals surface area contributed by atoms with Crippen LogP contribution >= 0.6 is 0 Å². The average molecular weight is 460 g/mol. The number of benzene rings is 2. The molecule has 8 nitrogen and oxygen atoms in total. The lowest BCUT2D eigenvalue weighted by Gasteiger charge is -2.21. The molecule has 0 unspecified atom stereocenters. The predicted octanol–water partition coefficient (Wildman–Crippen LogP) is 2.43. The van der Waals surface area contributed by atoms with Crippen LogP contribution in [0.3, 0.4) is 0 Å². The average Bonchev–Trinajstić information content (AvgIpc) is 3.22. The van der Waals surface area contributed by atoms with E-state index in [-0.39, 0.29) is 23.8 Å². The minimum absolute atomic E-state index is 0.0103. The summed E-state index contributed by atoms with van der Waals surface area (Å²) in [6.45, 7) is 3.51. The Morgan fingerprint density at radius 3 is 2.53 bits per heavy atom. The van der Waals surface area contributed by atoms with Gasteiger partial charge in [-0.3, -0.25) is 4.79 Å². The third-order valence-corrected chi connectivity index (χ3v) is 7.05. The number of rotatable bonds is 8. The van der Waals surface area contributed by atoms with Crippen molar-refractivity contribution < 1.29 is 22.7 Å². The zero-order valence-corrected chi connectivity index (χ0v) is 18.8. The molecular formula is C23H29N3O5S. The largest absolute Gasteiger partial charge is 0.490 e. The fourth-order valence-electron chi connectivity index (χ4n) is 3.90. The molecule has 9 heteroatoms. The monoisotopic (exact) mass is 459 g/mol. The van der Waals surface area contributed by atoms with Crippen LogP contribution in [0.15, 0.2) is 47.4 Å². The number of fused-ring (bicyclic) bond motifs is 1. The summed E-state index contributed by atoms with van der Waals surface area (Å²) in [5, 5.41) is 2.90. The first-order valence-electron chi connectivity index (χ1n) is 11.0. The molecular weight excluding hydrogens is 430 g/mol. The minimum Gasteiger partial charge on any atom is -0.490 e. The van der Waals surface area contributed by atoms with Gasteiger partial charge in [-0.2, -0.15) is 0 Å². The van der Waals surface area contributed by atoms with E-state index in [1.54, 1.807) is 6.07 Å². The van der Waals surface area contributed by atoms with Crippen LogP contribution in [-0.2, 0) is 21.4 Å². The van der Waals surface area contributed by atoms with E-state index in [1.165, 1.54) is 25.0 Å². The van der Waals surface area contributed by atoms with Gasteiger partial charge in [-0.25, -0.2) is 13.1 Å². The Balaban J connectivity index is 1.28. The van der Waals surface area contributed by atoms with Crippen molar-refractivity contribution in [3.63, 3.8) is 0 Å². The van der Waals surface area contributed by atoms with Crippen LogP contribution in [0.1, 0.15) is 31.2 Å². The third kappa shape index (κ3) is 5.52. The van der Waals surface area contributed by atoms with Crippen LogP contribution < -0.4 is 24.4 Å². The Hall–Kier alpha value is -2.78. The van der Waals surface area contributed by atoms with Gasteiger partial charge in [0.1, 0.15) is 0 Å². The number of sulfonamides is 1. The van der Waals surface area contributed by atoms with E-state index in [4.69, 9.17) is 9.47 Å². The number of carbonyl (C=O) groups is 1. The maximum atomic E-state index is 12.6. The molecule has 0 spiro atoms. The number of nitrogens with one attached hydrogen (secondary N) is 2. The number of nitrogens with zero attached hydrogens (tertiary/aromatic N) is 1. The molecule has 0 bridgehead atoms. The fraction of sp³-hybridized carbons (Fsp3) is 0.435. The van der Waals surface area contributed by atoms with E-state index in [2.05, 4.69) is 21.0 Å². The molecule has 32 heavy (non-hydrogen) atoms. The summed E-state index contributed by atoms with van der Waals surface area (Å²) < 4.78 is 38.8. The molecule has 2 aliphatic rings. The van der Waals surface area contributed by atoms with Crippen LogP contribution in [0, 0.1) is 0 Å². The van der Waals surface area contributed by atoms with E-state index < -0.39 is 10.0 Å². The van der Waals surface area contributed by atoms with Crippen molar-refractivity contribution in [2.24, 2.45) is 0 Å². The van der Waals surface area contributed by atoms with Crippen LogP contribution in [0.5, 0.6) is 11.5 Å². The van der Waals surface area contributed by atoms with Gasteiger partial charge >= 0.3 is 0 Å². The molecule has 2 N–H and O–H groups in total. The number of carbonyl (C=O) groups excluding carboxylic acids is 1. The van der Waals surface area contributed by atoms with Gasteiger partial charge in [0.2, 0.25) is 15.9 Å². The number of para-hydroxylation sites is 1. The minimum atomic E-state index is -3.76. The van der Waals surface area contributed by atoms with E-state index >= 15 is 0 Å². The Kier molecular flexibility index (Phi) is 7.16. The van der Waals surface area contributed by atoms with Crippen LogP contribution in [0.2, 0.25) is 0 Å². The summed E-state index contributed by atoms with van der Waals surface area (Å²) in [6.07, 6.45) is 3.16. The molecule has 4 rings (SSSR count). The molecule has 0 atom stereocenters. The highest BCUT2D eigenvalue weighted by Gasteiger charge is 2.19. The lowest BCUT2D eigenvalue weighted by atomic mass is 10.1. The summed E-state index contributed by atoms with van der Waals surface area (Å²) in [6, 6.07) is 12.6. The SMILES string of the molecule is O=C(CCNS(=O)(=O)c1ccc2c(c1)OCCCO2)NCc1ccccc1N1CCCC1. The van der Waals surface area contributed by atoms with Crippen molar-refractivity contribution in [3.05, 3.63) is 48.0 Å². The Labute approximate surface area is 189 Å². The molecule has 0 radical (unpaired) electrons. The van der Waals surface area contributed by atoms with Crippen molar-refractivity contribution in [2.45, 2.75) is 37.1 Å². The number of ether oxygens (including phenoxy) is 2. The van der Waals surface area contributed by atoms with Crippen molar-refractivity contribution in [3.8, 4) is 11.5 Å². The summed E-state index contributed by atoms with van der Waals surface area (Å²) in [5.74, 6) is 0.748. The second-order valence-corrected chi connectivity index (χ2v) is 9.67. The molecule has 2 aromatic rings. The highest BCUT2D eigenvalue weighted by molar-refractivity contribution is 7.89. The summed E-state index contributed by atoms with van der Waals surface area (Å²) in [7, 11) is -3.76. The van der Waals surface area contributed by atoms with Gasteiger partial charge in [0, 0.05) is 50.8 Å². The van der Waals surface area contributed by atoms with E-state index in [0.29, 0.717) is 31.3 Å². The topological polar surface area (TPSA) is 97.0 Å². The molecule has 0 aliphatic carbocycles. The molecule has 0 saturated carbocycles. The van der Waals surface area contributed by atoms with Gasteiger partial charge < -0.3 is 19.7 Å². The first kappa shape index (κ1) is 22.4. The van der Waals surface area contributed by atoms with Gasteiger partial charge in [0.25, 0.3) is 0 Å². The fourth-order valence-corrected chi connectivity index (χ4v) is 4.95. The lowest BCUT2D eigenvalue weighted by Crippen LogP contribution is -2.31. The summed E-state index contributed by atoms with van der Waals surface area (Å²) >= 11 is 0. The highest BCUT2D eigenvalue weighted by Crippen LogP contribution is 2.31. The molecule has 0 aromatic heterocycles. The third-order valence-electron chi connectivity index (χ3n) is 5.59. The number of hydrogen-bond acceptors (Lipinski definition) is 6. The smallest absolute Gasteiger partial charge is 0.240 e. The number of hydrogen-bond donors (Lipinski definition) is 2. The van der Waals surface area contributed by atoms with Gasteiger partial charge in [-0.1, -0.05) is 18.2 Å². The summed E-state index contributed by atoms with van der Waals surface area (Å²) in [4.78, 5) is 14.7. The molecule has 172 valence electrons. The highest BCUT2D eigenvalue weighted by atomic mass is 32.2. The van der Waals surface area contributed by atoms with Crippen LogP contribution in [0.4, 0.5) is 5.69 Å². The maximum absolute atomic E-state index is 12.6. The Morgan fingerprint density at radius 2 is 1.72 bits per heavy atom. The quantitative estimate of drug-likeness (QED) is 0.629. The van der Waals surface area contributed by atoms with Gasteiger partial charge in [0.05, 0.1) is 18.1 Å². The predicted molar refractivity (Wildman–Crippen MR) is 122 cm³/mol. The van der Waals surface area contributed by atoms with Gasteiger partial charge in [-0.05, 0) is 36.6 Å². The van der Waals surface area contributed by atoms with Crippen molar-refractivity contribution >= 4 is 21.6 Å². The molecule has 1 saturated heterocycles. The second-order valence-electron chi connectivity index (χ2n) is 7.91. The van der Waals surface area contributed by atoms with Crippen molar-refractivity contribution in [1.82, 2.24) is 10.0 Å². The first-order valence-corrected chi connectivity index (χ1v) is 12.5. The Morgan fingerprint density at radius 1 is 0.969 bits per heavy atom. The molecule has 2 aromatic carbocycles. The van der Waals surface area contributed by atoms with E-state index in [0.717, 1.165) is 30.8 Å². The van der Waals surface area contributed by atoms with E-state index in [9.17, 15) is 13.2 Å².